The maximum Gasteiger partial charge on any atom is 0.310 e. The van der Waals surface area contributed by atoms with Gasteiger partial charge >= 0.3 is 5.97 Å². The molecule has 2 N–H and O–H groups in total. The van der Waals surface area contributed by atoms with Gasteiger partial charge in [0, 0.05) is 12.1 Å². The van der Waals surface area contributed by atoms with Crippen LogP contribution < -0.4 is 5.32 Å². The Kier molecular flexibility index (Phi) is 7.96. The van der Waals surface area contributed by atoms with Gasteiger partial charge in [-0.1, -0.05) is 54.6 Å². The van der Waals surface area contributed by atoms with E-state index in [1.807, 2.05) is 24.3 Å². The molecule has 0 amide bonds. The summed E-state index contributed by atoms with van der Waals surface area (Å²) < 4.78 is 0. The third-order valence-corrected chi connectivity index (χ3v) is 4.20. The van der Waals surface area contributed by atoms with Crippen molar-refractivity contribution in [3.05, 3.63) is 71.3 Å². The van der Waals surface area contributed by atoms with Gasteiger partial charge < -0.3 is 10.4 Å². The average molecular weight is 348 g/mol. The summed E-state index contributed by atoms with van der Waals surface area (Å²) in [5, 5.41) is 12.7. The monoisotopic (exact) mass is 347 g/mol. The zero-order valence-corrected chi connectivity index (χ0v) is 15.2. The Bertz CT molecular complexity index is 645. The van der Waals surface area contributed by atoms with E-state index >= 15 is 0 Å². The molecule has 0 spiro atoms. The smallest absolute Gasteiger partial charge is 0.310 e. The number of nitrogens with one attached hydrogen (secondary N) is 1. The maximum atomic E-state index is 11.1. The van der Waals surface area contributed by atoms with E-state index in [-0.39, 0.29) is 18.4 Å². The van der Waals surface area contributed by atoms with Crippen molar-refractivity contribution in [1.82, 2.24) is 5.32 Å². The summed E-state index contributed by atoms with van der Waals surface area (Å²) >= 11 is 0. The first kappa shape index (κ1) is 20.2. The minimum absolute atomic E-state index is 0. The van der Waals surface area contributed by atoms with Crippen LogP contribution >= 0.6 is 12.4 Å². The number of carboxylic acid groups (broad SMARTS) is 1. The molecule has 0 heterocycles. The molecule has 24 heavy (non-hydrogen) atoms. The van der Waals surface area contributed by atoms with Gasteiger partial charge in [0.1, 0.15) is 0 Å². The molecule has 2 aromatic rings. The van der Waals surface area contributed by atoms with Gasteiger partial charge in [-0.25, -0.2) is 0 Å². The lowest BCUT2D eigenvalue weighted by molar-refractivity contribution is -0.138. The molecule has 1 unspecified atom stereocenters. The van der Waals surface area contributed by atoms with Crippen molar-refractivity contribution >= 4 is 18.4 Å². The first-order valence-electron chi connectivity index (χ1n) is 8.10. The standard InChI is InChI=1S/C20H25NO2.ClH/c1-14(21-16(3)18-9-5-4-6-10-18)12-17-8-7-11-19(13-17)15(2)20(22)23;/h4-11,13-16,21H,12H2,1-3H3,(H,22,23);1H/t14-,15?,16-;/m1./s1. The summed E-state index contributed by atoms with van der Waals surface area (Å²) in [6.45, 7) is 6.04. The Morgan fingerprint density at radius 3 is 2.25 bits per heavy atom. The van der Waals surface area contributed by atoms with Gasteiger partial charge in [0.2, 0.25) is 0 Å². The van der Waals surface area contributed by atoms with Crippen molar-refractivity contribution in [2.45, 2.75) is 45.2 Å². The van der Waals surface area contributed by atoms with Crippen molar-refractivity contribution in [2.75, 3.05) is 0 Å². The van der Waals surface area contributed by atoms with Crippen LogP contribution in [-0.2, 0) is 11.2 Å². The highest BCUT2D eigenvalue weighted by Crippen LogP contribution is 2.18. The molecular weight excluding hydrogens is 322 g/mol. The first-order chi connectivity index (χ1) is 11.0. The highest BCUT2D eigenvalue weighted by molar-refractivity contribution is 5.85. The highest BCUT2D eigenvalue weighted by atomic mass is 35.5. The molecule has 0 saturated carbocycles. The average Bonchev–Trinajstić information content (AvgIpc) is 2.55. The summed E-state index contributed by atoms with van der Waals surface area (Å²) in [6.07, 6.45) is 0.872. The molecule has 0 aliphatic carbocycles. The summed E-state index contributed by atoms with van der Waals surface area (Å²) in [6, 6.07) is 18.9. The molecular formula is C20H26ClNO2. The Morgan fingerprint density at radius 2 is 1.62 bits per heavy atom. The van der Waals surface area contributed by atoms with Crippen molar-refractivity contribution in [3.63, 3.8) is 0 Å². The zero-order valence-electron chi connectivity index (χ0n) is 14.4. The SMILES string of the molecule is CC(C(=O)O)c1cccc(C[C@@H](C)N[C@H](C)c2ccccc2)c1.Cl. The van der Waals surface area contributed by atoms with E-state index in [1.165, 1.54) is 5.56 Å². The fraction of sp³-hybridized carbons (Fsp3) is 0.350. The Morgan fingerprint density at radius 1 is 1.00 bits per heavy atom. The van der Waals surface area contributed by atoms with E-state index in [1.54, 1.807) is 6.92 Å². The fourth-order valence-electron chi connectivity index (χ4n) is 2.81. The van der Waals surface area contributed by atoms with Crippen molar-refractivity contribution < 1.29 is 9.90 Å². The minimum Gasteiger partial charge on any atom is -0.481 e. The lowest BCUT2D eigenvalue weighted by Crippen LogP contribution is -2.30. The molecule has 0 radical (unpaired) electrons. The predicted molar refractivity (Wildman–Crippen MR) is 101 cm³/mol. The van der Waals surface area contributed by atoms with Crippen LogP contribution in [0.15, 0.2) is 54.6 Å². The van der Waals surface area contributed by atoms with Gasteiger partial charge in [0.25, 0.3) is 0 Å². The normalized spacial score (nSPS) is 14.3. The molecule has 2 rings (SSSR count). The van der Waals surface area contributed by atoms with Crippen LogP contribution in [0.3, 0.4) is 0 Å². The topological polar surface area (TPSA) is 49.3 Å². The largest absolute Gasteiger partial charge is 0.481 e. The molecule has 0 aliphatic rings. The molecule has 0 aromatic heterocycles. The maximum absolute atomic E-state index is 11.1. The van der Waals surface area contributed by atoms with Gasteiger partial charge in [-0.15, -0.1) is 12.4 Å². The second-order valence-electron chi connectivity index (χ2n) is 6.21. The summed E-state index contributed by atoms with van der Waals surface area (Å²) in [5.74, 6) is -1.26. The lowest BCUT2D eigenvalue weighted by Gasteiger charge is -2.21. The number of aliphatic carboxylic acids is 1. The van der Waals surface area contributed by atoms with E-state index in [0.717, 1.165) is 17.5 Å². The molecule has 0 bridgehead atoms. The van der Waals surface area contributed by atoms with E-state index < -0.39 is 11.9 Å². The van der Waals surface area contributed by atoms with Crippen LogP contribution in [0.1, 0.15) is 49.4 Å². The van der Waals surface area contributed by atoms with Gasteiger partial charge in [-0.05, 0) is 43.9 Å². The van der Waals surface area contributed by atoms with Gasteiger partial charge in [-0.3, -0.25) is 4.79 Å². The number of hydrogen-bond donors (Lipinski definition) is 2. The van der Waals surface area contributed by atoms with E-state index in [4.69, 9.17) is 5.11 Å². The molecule has 0 fully saturated rings. The van der Waals surface area contributed by atoms with Crippen molar-refractivity contribution in [2.24, 2.45) is 0 Å². The van der Waals surface area contributed by atoms with Crippen LogP contribution in [0.2, 0.25) is 0 Å². The molecule has 3 atom stereocenters. The van der Waals surface area contributed by atoms with Crippen LogP contribution in [0.25, 0.3) is 0 Å². The summed E-state index contributed by atoms with van der Waals surface area (Å²) in [4.78, 5) is 11.1. The number of carbonyl (C=O) groups is 1. The van der Waals surface area contributed by atoms with Gasteiger partial charge in [0.15, 0.2) is 0 Å². The van der Waals surface area contributed by atoms with Gasteiger partial charge in [0.05, 0.1) is 5.92 Å². The molecule has 0 aliphatic heterocycles. The summed E-state index contributed by atoms with van der Waals surface area (Å²) in [7, 11) is 0. The number of hydrogen-bond acceptors (Lipinski definition) is 2. The number of rotatable bonds is 7. The van der Waals surface area contributed by atoms with Crippen LogP contribution in [0.5, 0.6) is 0 Å². The second kappa shape index (κ2) is 9.45. The quantitative estimate of drug-likeness (QED) is 0.770. The molecule has 3 nitrogen and oxygen atoms in total. The Balaban J connectivity index is 0.00000288. The van der Waals surface area contributed by atoms with E-state index in [0.29, 0.717) is 6.04 Å². The second-order valence-corrected chi connectivity index (χ2v) is 6.21. The Labute approximate surface area is 150 Å². The first-order valence-corrected chi connectivity index (χ1v) is 8.10. The third-order valence-electron chi connectivity index (χ3n) is 4.20. The van der Waals surface area contributed by atoms with Crippen LogP contribution in [-0.4, -0.2) is 17.1 Å². The molecule has 4 heteroatoms. The van der Waals surface area contributed by atoms with E-state index in [9.17, 15) is 4.79 Å². The highest BCUT2D eigenvalue weighted by Gasteiger charge is 2.15. The number of benzene rings is 2. The fourth-order valence-corrected chi connectivity index (χ4v) is 2.81. The Hall–Kier alpha value is -1.84. The predicted octanol–water partition coefficient (Wildman–Crippen LogP) is 4.58. The lowest BCUT2D eigenvalue weighted by atomic mass is 9.96. The summed E-state index contributed by atoms with van der Waals surface area (Å²) in [5.41, 5.74) is 3.29. The number of carboxylic acids is 1. The molecule has 2 aromatic carbocycles. The van der Waals surface area contributed by atoms with Crippen LogP contribution in [0, 0.1) is 0 Å². The number of halogens is 1. The van der Waals surface area contributed by atoms with Gasteiger partial charge in [-0.2, -0.15) is 0 Å². The molecule has 130 valence electrons. The van der Waals surface area contributed by atoms with Crippen molar-refractivity contribution in [3.8, 4) is 0 Å². The van der Waals surface area contributed by atoms with Crippen LogP contribution in [0.4, 0.5) is 0 Å². The van der Waals surface area contributed by atoms with E-state index in [2.05, 4.69) is 49.5 Å². The molecule has 0 saturated heterocycles. The minimum atomic E-state index is -0.786. The zero-order chi connectivity index (χ0) is 16.8. The third kappa shape index (κ3) is 5.66. The van der Waals surface area contributed by atoms with Crippen molar-refractivity contribution in [1.29, 1.82) is 0 Å².